The Morgan fingerprint density at radius 3 is 2.46 bits per heavy atom. The maximum absolute atomic E-state index is 5.94. The molecule has 4 rings (SSSR count). The highest BCUT2D eigenvalue weighted by Crippen LogP contribution is 2.34. The standard InChI is InChI=1S/C19H15ClN4/c1-24-12-15(14-9-5-6-10-16(14)24)19-18(13-7-3-2-4-8-13)23-22-17(11-20)21-19/h2-10,12H,11H2,1H3. The number of aryl methyl sites for hydroxylation is 1. The fourth-order valence-electron chi connectivity index (χ4n) is 2.92. The van der Waals surface area contributed by atoms with E-state index in [0.717, 1.165) is 33.4 Å². The fourth-order valence-corrected chi connectivity index (χ4v) is 3.04. The summed E-state index contributed by atoms with van der Waals surface area (Å²) in [6.45, 7) is 0. The maximum atomic E-state index is 5.94. The van der Waals surface area contributed by atoms with E-state index < -0.39 is 0 Å². The number of fused-ring (bicyclic) bond motifs is 1. The predicted octanol–water partition coefficient (Wildman–Crippen LogP) is 4.44. The SMILES string of the molecule is Cn1cc(-c2nc(CCl)nnc2-c2ccccc2)c2ccccc21. The van der Waals surface area contributed by atoms with Crippen LogP contribution < -0.4 is 0 Å². The van der Waals surface area contributed by atoms with E-state index in [2.05, 4.69) is 38.1 Å². The molecule has 0 unspecified atom stereocenters. The summed E-state index contributed by atoms with van der Waals surface area (Å²) in [7, 11) is 2.03. The minimum absolute atomic E-state index is 0.236. The molecule has 4 aromatic rings. The number of hydrogen-bond donors (Lipinski definition) is 0. The van der Waals surface area contributed by atoms with Crippen molar-refractivity contribution < 1.29 is 0 Å². The number of nitrogens with zero attached hydrogens (tertiary/aromatic N) is 4. The lowest BCUT2D eigenvalue weighted by molar-refractivity contribution is 0.904. The van der Waals surface area contributed by atoms with Crippen molar-refractivity contribution in [3.8, 4) is 22.5 Å². The largest absolute Gasteiger partial charge is 0.350 e. The van der Waals surface area contributed by atoms with Gasteiger partial charge in [-0.05, 0) is 6.07 Å². The van der Waals surface area contributed by atoms with Crippen LogP contribution in [-0.2, 0) is 12.9 Å². The predicted molar refractivity (Wildman–Crippen MR) is 96.7 cm³/mol. The second kappa shape index (κ2) is 6.06. The molecule has 2 heterocycles. The lowest BCUT2D eigenvalue weighted by Crippen LogP contribution is -2.01. The summed E-state index contributed by atoms with van der Waals surface area (Å²) in [6.07, 6.45) is 2.08. The van der Waals surface area contributed by atoms with Crippen molar-refractivity contribution in [2.24, 2.45) is 7.05 Å². The number of hydrogen-bond acceptors (Lipinski definition) is 3. The van der Waals surface area contributed by atoms with Crippen LogP contribution in [0.5, 0.6) is 0 Å². The number of halogens is 1. The summed E-state index contributed by atoms with van der Waals surface area (Å²) in [5.41, 5.74) is 4.75. The molecule has 0 aliphatic heterocycles. The molecule has 5 heteroatoms. The van der Waals surface area contributed by atoms with Gasteiger partial charge in [-0.3, -0.25) is 0 Å². The highest BCUT2D eigenvalue weighted by molar-refractivity contribution is 6.16. The highest BCUT2D eigenvalue weighted by atomic mass is 35.5. The molecule has 0 saturated carbocycles. The number of alkyl halides is 1. The molecule has 2 aromatic carbocycles. The number of para-hydroxylation sites is 1. The highest BCUT2D eigenvalue weighted by Gasteiger charge is 2.17. The Balaban J connectivity index is 2.02. The molecule has 0 spiro atoms. The molecule has 0 atom stereocenters. The average Bonchev–Trinajstić information content (AvgIpc) is 2.99. The van der Waals surface area contributed by atoms with Gasteiger partial charge in [0.25, 0.3) is 0 Å². The van der Waals surface area contributed by atoms with Gasteiger partial charge in [0.2, 0.25) is 0 Å². The topological polar surface area (TPSA) is 43.6 Å². The van der Waals surface area contributed by atoms with Gasteiger partial charge in [-0.25, -0.2) is 4.98 Å². The Bertz CT molecular complexity index is 1010. The second-order valence-corrected chi connectivity index (χ2v) is 5.86. The monoisotopic (exact) mass is 334 g/mol. The van der Waals surface area contributed by atoms with Crippen molar-refractivity contribution >= 4 is 22.5 Å². The zero-order valence-corrected chi connectivity index (χ0v) is 13.9. The van der Waals surface area contributed by atoms with Gasteiger partial charge in [-0.15, -0.1) is 21.8 Å². The van der Waals surface area contributed by atoms with E-state index >= 15 is 0 Å². The molecule has 0 amide bonds. The lowest BCUT2D eigenvalue weighted by Gasteiger charge is -2.08. The van der Waals surface area contributed by atoms with Gasteiger partial charge in [-0.2, -0.15) is 0 Å². The third-order valence-electron chi connectivity index (χ3n) is 4.05. The fraction of sp³-hybridized carbons (Fsp3) is 0.105. The first-order valence-electron chi connectivity index (χ1n) is 7.67. The normalized spacial score (nSPS) is 11.1. The van der Waals surface area contributed by atoms with Crippen molar-refractivity contribution in [1.82, 2.24) is 19.7 Å². The summed E-state index contributed by atoms with van der Waals surface area (Å²) in [5, 5.41) is 9.69. The Morgan fingerprint density at radius 1 is 0.917 bits per heavy atom. The smallest absolute Gasteiger partial charge is 0.166 e. The third kappa shape index (κ3) is 2.45. The zero-order valence-electron chi connectivity index (χ0n) is 13.1. The van der Waals surface area contributed by atoms with Crippen molar-refractivity contribution in [3.05, 3.63) is 66.6 Å². The van der Waals surface area contributed by atoms with E-state index in [4.69, 9.17) is 11.6 Å². The van der Waals surface area contributed by atoms with E-state index in [1.54, 1.807) is 0 Å². The lowest BCUT2D eigenvalue weighted by atomic mass is 10.0. The molecular formula is C19H15ClN4. The minimum Gasteiger partial charge on any atom is -0.350 e. The van der Waals surface area contributed by atoms with Gasteiger partial charge < -0.3 is 4.57 Å². The summed E-state index contributed by atoms with van der Waals surface area (Å²) in [6, 6.07) is 18.2. The van der Waals surface area contributed by atoms with Crippen molar-refractivity contribution in [2.75, 3.05) is 0 Å². The number of aromatic nitrogens is 4. The average molecular weight is 335 g/mol. The molecule has 0 N–H and O–H groups in total. The van der Waals surface area contributed by atoms with Crippen LogP contribution in [0.3, 0.4) is 0 Å². The minimum atomic E-state index is 0.236. The van der Waals surface area contributed by atoms with Crippen LogP contribution in [0.25, 0.3) is 33.4 Å². The summed E-state index contributed by atoms with van der Waals surface area (Å²) >= 11 is 5.94. The van der Waals surface area contributed by atoms with E-state index in [-0.39, 0.29) is 5.88 Å². The molecule has 0 aliphatic carbocycles. The van der Waals surface area contributed by atoms with E-state index in [1.807, 2.05) is 49.5 Å². The molecule has 4 nitrogen and oxygen atoms in total. The third-order valence-corrected chi connectivity index (χ3v) is 4.29. The number of benzene rings is 2. The van der Waals surface area contributed by atoms with Gasteiger partial charge in [0.15, 0.2) is 5.82 Å². The molecule has 24 heavy (non-hydrogen) atoms. The molecule has 0 radical (unpaired) electrons. The van der Waals surface area contributed by atoms with Crippen LogP contribution in [0.1, 0.15) is 5.82 Å². The molecule has 0 bridgehead atoms. The molecule has 0 saturated heterocycles. The number of rotatable bonds is 3. The van der Waals surface area contributed by atoms with Crippen LogP contribution in [0, 0.1) is 0 Å². The Kier molecular flexibility index (Phi) is 3.75. The zero-order chi connectivity index (χ0) is 16.5. The van der Waals surface area contributed by atoms with Gasteiger partial charge in [-0.1, -0.05) is 48.5 Å². The second-order valence-electron chi connectivity index (χ2n) is 5.60. The maximum Gasteiger partial charge on any atom is 0.166 e. The van der Waals surface area contributed by atoms with Crippen LogP contribution >= 0.6 is 11.6 Å². The van der Waals surface area contributed by atoms with Crippen molar-refractivity contribution in [3.63, 3.8) is 0 Å². The Morgan fingerprint density at radius 2 is 1.67 bits per heavy atom. The Labute approximate surface area is 144 Å². The first kappa shape index (κ1) is 14.8. The van der Waals surface area contributed by atoms with E-state index in [1.165, 1.54) is 0 Å². The Hall–Kier alpha value is -2.72. The molecular weight excluding hydrogens is 320 g/mol. The van der Waals surface area contributed by atoms with Crippen LogP contribution in [-0.4, -0.2) is 19.7 Å². The first-order valence-corrected chi connectivity index (χ1v) is 8.21. The molecule has 118 valence electrons. The van der Waals surface area contributed by atoms with Gasteiger partial charge >= 0.3 is 0 Å². The van der Waals surface area contributed by atoms with Gasteiger partial charge in [0.1, 0.15) is 11.4 Å². The van der Waals surface area contributed by atoms with Crippen molar-refractivity contribution in [1.29, 1.82) is 0 Å². The molecule has 0 fully saturated rings. The van der Waals surface area contributed by atoms with Crippen LogP contribution in [0.15, 0.2) is 60.8 Å². The van der Waals surface area contributed by atoms with Gasteiger partial charge in [0, 0.05) is 35.3 Å². The molecule has 2 aromatic heterocycles. The summed E-state index contributed by atoms with van der Waals surface area (Å²) in [4.78, 5) is 4.68. The quantitative estimate of drug-likeness (QED) is 0.520. The summed E-state index contributed by atoms with van der Waals surface area (Å²) < 4.78 is 2.10. The van der Waals surface area contributed by atoms with Gasteiger partial charge in [0.05, 0.1) is 5.88 Å². The van der Waals surface area contributed by atoms with Crippen LogP contribution in [0.4, 0.5) is 0 Å². The van der Waals surface area contributed by atoms with E-state index in [9.17, 15) is 0 Å². The first-order chi connectivity index (χ1) is 11.8. The van der Waals surface area contributed by atoms with Crippen molar-refractivity contribution in [2.45, 2.75) is 5.88 Å². The van der Waals surface area contributed by atoms with E-state index in [0.29, 0.717) is 5.82 Å². The van der Waals surface area contributed by atoms with Crippen LogP contribution in [0.2, 0.25) is 0 Å². The molecule has 0 aliphatic rings. The summed E-state index contributed by atoms with van der Waals surface area (Å²) in [5.74, 6) is 0.763.